The van der Waals surface area contributed by atoms with Crippen molar-refractivity contribution >= 4 is 34.8 Å². The second kappa shape index (κ2) is 10.8. The molecule has 1 aromatic heterocycles. The molecule has 2 N–H and O–H groups in total. The van der Waals surface area contributed by atoms with Crippen molar-refractivity contribution in [2.75, 3.05) is 19.1 Å². The number of fused-ring (bicyclic) bond motifs is 1. The lowest BCUT2D eigenvalue weighted by atomic mass is 10.1. The minimum Gasteiger partial charge on any atom is -0.493 e. The van der Waals surface area contributed by atoms with Gasteiger partial charge in [0.05, 0.1) is 24.2 Å². The molecule has 0 spiro atoms. The molecule has 2 aromatic carbocycles. The van der Waals surface area contributed by atoms with Crippen LogP contribution >= 0.6 is 11.8 Å². The number of methoxy groups -OCH3 is 1. The second-order valence-corrected chi connectivity index (χ2v) is 7.56. The Hall–Kier alpha value is -3.07. The number of carbonyl (C=O) groups excluding carboxylic acids is 1. The zero-order chi connectivity index (χ0) is 22.2. The van der Waals surface area contributed by atoms with Gasteiger partial charge in [0.15, 0.2) is 11.5 Å². The molecule has 0 saturated carbocycles. The molecular formula is C22H23F2N3O3S. The number of para-hydroxylation sites is 3. The van der Waals surface area contributed by atoms with Crippen LogP contribution in [-0.2, 0) is 4.79 Å². The first-order valence-electron chi connectivity index (χ1n) is 9.55. The Labute approximate surface area is 183 Å². The number of carbonyl (C=O) groups is 1. The van der Waals surface area contributed by atoms with Gasteiger partial charge in [0.1, 0.15) is 5.82 Å². The number of imidazole rings is 1. The first-order chi connectivity index (χ1) is 15.0. The largest absolute Gasteiger partial charge is 0.493 e. The number of ether oxygens (including phenoxy) is 2. The molecule has 0 fully saturated rings. The summed E-state index contributed by atoms with van der Waals surface area (Å²) in [5, 5.41) is 2.94. The van der Waals surface area contributed by atoms with E-state index in [0.29, 0.717) is 17.8 Å². The predicted molar refractivity (Wildman–Crippen MR) is 119 cm³/mol. The molecule has 0 radical (unpaired) electrons. The first-order valence-corrected chi connectivity index (χ1v) is 10.9. The van der Waals surface area contributed by atoms with Crippen molar-refractivity contribution in [3.05, 3.63) is 59.9 Å². The number of aromatic amines is 1. The standard InChI is InChI=1S/C22H23F2N3O3S/c1-29-18-9-5-6-14(20(18)30-22(23)24)10-11-19(28)25-17(12-13-31-2)21-26-15-7-3-4-8-16(15)27-21/h3-11,17,22H,12-13H2,1-2H3,(H,25,28)(H,26,27). The van der Waals surface area contributed by atoms with E-state index in [2.05, 4.69) is 20.0 Å². The molecule has 0 aliphatic heterocycles. The molecule has 9 heteroatoms. The number of hydrogen-bond donors (Lipinski definition) is 2. The van der Waals surface area contributed by atoms with Gasteiger partial charge in [-0.15, -0.1) is 0 Å². The number of halogens is 2. The summed E-state index contributed by atoms with van der Waals surface area (Å²) in [6.07, 6.45) is 5.37. The van der Waals surface area contributed by atoms with E-state index >= 15 is 0 Å². The Bertz CT molecular complexity index is 1020. The topological polar surface area (TPSA) is 76.2 Å². The van der Waals surface area contributed by atoms with Gasteiger partial charge in [0.25, 0.3) is 0 Å². The van der Waals surface area contributed by atoms with Gasteiger partial charge in [-0.05, 0) is 42.7 Å². The molecule has 164 valence electrons. The van der Waals surface area contributed by atoms with Crippen LogP contribution in [0.15, 0.2) is 48.5 Å². The van der Waals surface area contributed by atoms with Crippen LogP contribution in [0.5, 0.6) is 11.5 Å². The Morgan fingerprint density at radius 1 is 1.26 bits per heavy atom. The van der Waals surface area contributed by atoms with Gasteiger partial charge in [-0.3, -0.25) is 4.79 Å². The fraction of sp³-hybridized carbons (Fsp3) is 0.273. The van der Waals surface area contributed by atoms with Crippen molar-refractivity contribution in [2.45, 2.75) is 19.1 Å². The van der Waals surface area contributed by atoms with Crippen LogP contribution in [0.4, 0.5) is 8.78 Å². The van der Waals surface area contributed by atoms with Gasteiger partial charge < -0.3 is 19.8 Å². The van der Waals surface area contributed by atoms with E-state index in [0.717, 1.165) is 16.8 Å². The molecule has 1 atom stereocenters. The van der Waals surface area contributed by atoms with Gasteiger partial charge in [-0.1, -0.05) is 24.3 Å². The fourth-order valence-corrected chi connectivity index (χ4v) is 3.55. The second-order valence-electron chi connectivity index (χ2n) is 6.57. The van der Waals surface area contributed by atoms with Crippen LogP contribution in [0, 0.1) is 0 Å². The Morgan fingerprint density at radius 3 is 2.77 bits per heavy atom. The summed E-state index contributed by atoms with van der Waals surface area (Å²) in [6.45, 7) is -3.01. The molecular weight excluding hydrogens is 424 g/mol. The van der Waals surface area contributed by atoms with Crippen LogP contribution < -0.4 is 14.8 Å². The molecule has 31 heavy (non-hydrogen) atoms. The fourth-order valence-electron chi connectivity index (χ4n) is 3.08. The van der Waals surface area contributed by atoms with Gasteiger partial charge in [0, 0.05) is 11.6 Å². The quantitative estimate of drug-likeness (QED) is 0.437. The molecule has 3 rings (SSSR count). The number of hydrogen-bond acceptors (Lipinski definition) is 5. The maximum Gasteiger partial charge on any atom is 0.387 e. The lowest BCUT2D eigenvalue weighted by Gasteiger charge is -2.15. The van der Waals surface area contributed by atoms with Crippen molar-refractivity contribution in [1.82, 2.24) is 15.3 Å². The van der Waals surface area contributed by atoms with E-state index in [1.807, 2.05) is 30.5 Å². The molecule has 0 aliphatic carbocycles. The van der Waals surface area contributed by atoms with Crippen LogP contribution in [0.2, 0.25) is 0 Å². The molecule has 6 nitrogen and oxygen atoms in total. The molecule has 1 amide bonds. The van der Waals surface area contributed by atoms with E-state index in [4.69, 9.17) is 4.74 Å². The number of benzene rings is 2. The van der Waals surface area contributed by atoms with Gasteiger partial charge >= 0.3 is 6.61 Å². The number of amides is 1. The summed E-state index contributed by atoms with van der Waals surface area (Å²) in [5.41, 5.74) is 2.02. The molecule has 1 heterocycles. The van der Waals surface area contributed by atoms with E-state index < -0.39 is 6.61 Å². The third-order valence-corrected chi connectivity index (χ3v) is 5.16. The summed E-state index contributed by atoms with van der Waals surface area (Å²) in [7, 11) is 1.36. The third-order valence-electron chi connectivity index (χ3n) is 4.52. The van der Waals surface area contributed by atoms with Crippen molar-refractivity contribution in [3.8, 4) is 11.5 Å². The van der Waals surface area contributed by atoms with Crippen LogP contribution in [0.3, 0.4) is 0 Å². The lowest BCUT2D eigenvalue weighted by Crippen LogP contribution is -2.28. The predicted octanol–water partition coefficient (Wildman–Crippen LogP) is 4.80. The highest BCUT2D eigenvalue weighted by molar-refractivity contribution is 7.98. The Kier molecular flexibility index (Phi) is 7.88. The average molecular weight is 448 g/mol. The maximum atomic E-state index is 12.8. The number of thioether (sulfide) groups is 1. The van der Waals surface area contributed by atoms with Crippen LogP contribution in [-0.4, -0.2) is 41.6 Å². The SMILES string of the molecule is COc1cccc(C=CC(=O)NC(CCSC)c2nc3ccccc3[nH]2)c1OC(F)F. The highest BCUT2D eigenvalue weighted by atomic mass is 32.2. The van der Waals surface area contributed by atoms with Gasteiger partial charge in [-0.2, -0.15) is 20.5 Å². The van der Waals surface area contributed by atoms with Crippen molar-refractivity contribution in [3.63, 3.8) is 0 Å². The smallest absolute Gasteiger partial charge is 0.387 e. The van der Waals surface area contributed by atoms with Crippen LogP contribution in [0.25, 0.3) is 17.1 Å². The highest BCUT2D eigenvalue weighted by Gasteiger charge is 2.18. The minimum atomic E-state index is -3.01. The number of nitrogens with zero attached hydrogens (tertiary/aromatic N) is 1. The minimum absolute atomic E-state index is 0.125. The molecule has 0 aliphatic rings. The summed E-state index contributed by atoms with van der Waals surface area (Å²) in [4.78, 5) is 20.4. The van der Waals surface area contributed by atoms with E-state index in [-0.39, 0.29) is 23.4 Å². The number of rotatable bonds is 10. The summed E-state index contributed by atoms with van der Waals surface area (Å²) in [5.74, 6) is 1.15. The Morgan fingerprint density at radius 2 is 2.06 bits per heavy atom. The van der Waals surface area contributed by atoms with E-state index in [9.17, 15) is 13.6 Å². The molecule has 3 aromatic rings. The molecule has 1 unspecified atom stereocenters. The van der Waals surface area contributed by atoms with Gasteiger partial charge in [0.2, 0.25) is 5.91 Å². The number of alkyl halides is 2. The maximum absolute atomic E-state index is 12.8. The van der Waals surface area contributed by atoms with Crippen molar-refractivity contribution < 1.29 is 23.0 Å². The van der Waals surface area contributed by atoms with Crippen LogP contribution in [0.1, 0.15) is 23.9 Å². The number of nitrogens with one attached hydrogen (secondary N) is 2. The lowest BCUT2D eigenvalue weighted by molar-refractivity contribution is -0.117. The first kappa shape index (κ1) is 22.6. The molecule has 0 bridgehead atoms. The average Bonchev–Trinajstić information content (AvgIpc) is 3.19. The van der Waals surface area contributed by atoms with E-state index in [1.165, 1.54) is 25.3 Å². The Balaban J connectivity index is 1.79. The molecule has 0 saturated heterocycles. The monoisotopic (exact) mass is 447 g/mol. The zero-order valence-electron chi connectivity index (χ0n) is 17.1. The number of H-pyrrole nitrogens is 1. The van der Waals surface area contributed by atoms with Gasteiger partial charge in [-0.25, -0.2) is 4.98 Å². The zero-order valence-corrected chi connectivity index (χ0v) is 17.9. The summed E-state index contributed by atoms with van der Waals surface area (Å²) < 4.78 is 35.2. The number of aromatic nitrogens is 2. The highest BCUT2D eigenvalue weighted by Crippen LogP contribution is 2.33. The summed E-state index contributed by atoms with van der Waals surface area (Å²) in [6, 6.07) is 12.0. The van der Waals surface area contributed by atoms with Crippen molar-refractivity contribution in [2.24, 2.45) is 0 Å². The third kappa shape index (κ3) is 5.97. The van der Waals surface area contributed by atoms with E-state index in [1.54, 1.807) is 23.9 Å². The summed E-state index contributed by atoms with van der Waals surface area (Å²) >= 11 is 1.67. The van der Waals surface area contributed by atoms with Crippen molar-refractivity contribution in [1.29, 1.82) is 0 Å². The normalized spacial score (nSPS) is 12.4.